The fraction of sp³-hybridized carbons (Fsp3) is 0.667. The molecule has 1 aromatic carbocycles. The largest absolute Gasteiger partial charge is 0.466 e. The number of anilines is 2. The predicted molar refractivity (Wildman–Crippen MR) is 141 cm³/mol. The SMILES string of the molecule is CCOC(=O)CC(C)c1ccc(N(CC(C)C)CC(C)C)c(NC(=O)CNC(=O)OC(C)(C)C)c1. The lowest BCUT2D eigenvalue weighted by molar-refractivity contribution is -0.143. The average molecular weight is 492 g/mol. The summed E-state index contributed by atoms with van der Waals surface area (Å²) in [7, 11) is 0. The molecule has 0 aliphatic rings. The Morgan fingerprint density at radius 2 is 1.60 bits per heavy atom. The number of carbonyl (C=O) groups excluding carboxylic acids is 3. The van der Waals surface area contributed by atoms with Crippen LogP contribution in [0.25, 0.3) is 0 Å². The lowest BCUT2D eigenvalue weighted by Gasteiger charge is -2.31. The van der Waals surface area contributed by atoms with Crippen molar-refractivity contribution in [1.82, 2.24) is 5.32 Å². The fourth-order valence-corrected chi connectivity index (χ4v) is 3.64. The lowest BCUT2D eigenvalue weighted by atomic mass is 9.96. The maximum atomic E-state index is 12.8. The first-order valence-electron chi connectivity index (χ1n) is 12.5. The van der Waals surface area contributed by atoms with E-state index in [-0.39, 0.29) is 30.8 Å². The van der Waals surface area contributed by atoms with Gasteiger partial charge in [-0.05, 0) is 63.1 Å². The molecule has 0 aliphatic carbocycles. The maximum absolute atomic E-state index is 12.8. The first-order valence-corrected chi connectivity index (χ1v) is 12.5. The van der Waals surface area contributed by atoms with Crippen molar-refractivity contribution in [3.8, 4) is 0 Å². The van der Waals surface area contributed by atoms with E-state index in [1.165, 1.54) is 0 Å². The third-order valence-electron chi connectivity index (χ3n) is 4.95. The number of alkyl carbamates (subject to hydrolysis) is 1. The van der Waals surface area contributed by atoms with Crippen LogP contribution in [-0.2, 0) is 19.1 Å². The highest BCUT2D eigenvalue weighted by Crippen LogP contribution is 2.32. The Morgan fingerprint density at radius 3 is 2.11 bits per heavy atom. The van der Waals surface area contributed by atoms with Crippen molar-refractivity contribution >= 4 is 29.3 Å². The van der Waals surface area contributed by atoms with Gasteiger partial charge in [-0.3, -0.25) is 9.59 Å². The van der Waals surface area contributed by atoms with Gasteiger partial charge in [-0.15, -0.1) is 0 Å². The van der Waals surface area contributed by atoms with E-state index < -0.39 is 11.7 Å². The topological polar surface area (TPSA) is 97.0 Å². The van der Waals surface area contributed by atoms with E-state index in [1.807, 2.05) is 25.1 Å². The van der Waals surface area contributed by atoms with Crippen molar-refractivity contribution in [2.24, 2.45) is 11.8 Å². The van der Waals surface area contributed by atoms with Crippen LogP contribution in [0.1, 0.15) is 80.2 Å². The summed E-state index contributed by atoms with van der Waals surface area (Å²) in [6.07, 6.45) is -0.395. The molecule has 0 saturated carbocycles. The highest BCUT2D eigenvalue weighted by molar-refractivity contribution is 5.97. The molecule has 198 valence electrons. The average Bonchev–Trinajstić information content (AvgIpc) is 2.70. The smallest absolute Gasteiger partial charge is 0.408 e. The Hall–Kier alpha value is -2.77. The van der Waals surface area contributed by atoms with Gasteiger partial charge in [-0.25, -0.2) is 4.79 Å². The standard InChI is InChI=1S/C27H45N3O5/c1-10-34-25(32)13-20(6)21-11-12-23(30(16-18(2)3)17-19(4)5)22(14-21)29-24(31)15-28-26(33)35-27(7,8)9/h11-12,14,18-20H,10,13,15-17H2,1-9H3,(H,28,33)(H,29,31). The third kappa shape index (κ3) is 12.0. The van der Waals surface area contributed by atoms with Crippen molar-refractivity contribution in [2.75, 3.05) is 36.5 Å². The predicted octanol–water partition coefficient (Wildman–Crippen LogP) is 5.32. The third-order valence-corrected chi connectivity index (χ3v) is 4.95. The first-order chi connectivity index (χ1) is 16.2. The van der Waals surface area contributed by atoms with Gasteiger partial charge in [0, 0.05) is 13.1 Å². The molecule has 1 atom stereocenters. The second-order valence-electron chi connectivity index (χ2n) is 10.8. The second kappa shape index (κ2) is 14.0. The summed E-state index contributed by atoms with van der Waals surface area (Å²) in [5.74, 6) is 0.156. The minimum absolute atomic E-state index is 0.0812. The molecule has 0 saturated heterocycles. The van der Waals surface area contributed by atoms with Crippen LogP contribution >= 0.6 is 0 Å². The minimum atomic E-state index is -0.648. The van der Waals surface area contributed by atoms with Gasteiger partial charge in [-0.1, -0.05) is 40.7 Å². The van der Waals surface area contributed by atoms with E-state index in [2.05, 4.69) is 43.2 Å². The monoisotopic (exact) mass is 491 g/mol. The molecule has 0 aliphatic heterocycles. The molecule has 1 rings (SSSR count). The van der Waals surface area contributed by atoms with Gasteiger partial charge in [0.15, 0.2) is 0 Å². The summed E-state index contributed by atoms with van der Waals surface area (Å²) in [6.45, 7) is 19.5. The summed E-state index contributed by atoms with van der Waals surface area (Å²) < 4.78 is 10.3. The van der Waals surface area contributed by atoms with E-state index in [1.54, 1.807) is 27.7 Å². The van der Waals surface area contributed by atoms with Crippen LogP contribution in [0, 0.1) is 11.8 Å². The quantitative estimate of drug-likeness (QED) is 0.384. The zero-order chi connectivity index (χ0) is 26.8. The molecule has 8 heteroatoms. The van der Waals surface area contributed by atoms with Crippen LogP contribution in [0.3, 0.4) is 0 Å². The van der Waals surface area contributed by atoms with Crippen molar-refractivity contribution in [1.29, 1.82) is 0 Å². The summed E-state index contributed by atoms with van der Waals surface area (Å²) in [4.78, 5) is 39.0. The summed E-state index contributed by atoms with van der Waals surface area (Å²) >= 11 is 0. The van der Waals surface area contributed by atoms with Crippen LogP contribution in [0.4, 0.5) is 16.2 Å². The Labute approximate surface area is 211 Å². The molecule has 0 radical (unpaired) electrons. The van der Waals surface area contributed by atoms with E-state index in [9.17, 15) is 14.4 Å². The number of carbonyl (C=O) groups is 3. The van der Waals surface area contributed by atoms with Gasteiger partial charge in [0.25, 0.3) is 0 Å². The van der Waals surface area contributed by atoms with Crippen molar-refractivity contribution < 1.29 is 23.9 Å². The van der Waals surface area contributed by atoms with E-state index >= 15 is 0 Å². The number of hydrogen-bond donors (Lipinski definition) is 2. The zero-order valence-electron chi connectivity index (χ0n) is 23.0. The number of esters is 1. The molecule has 0 aromatic heterocycles. The molecule has 2 N–H and O–H groups in total. The Morgan fingerprint density at radius 1 is 1.00 bits per heavy atom. The van der Waals surface area contributed by atoms with Gasteiger partial charge in [0.05, 0.1) is 24.4 Å². The van der Waals surface area contributed by atoms with Gasteiger partial charge < -0.3 is 25.0 Å². The number of hydrogen-bond acceptors (Lipinski definition) is 6. The number of benzene rings is 1. The van der Waals surface area contributed by atoms with Gasteiger partial charge in [-0.2, -0.15) is 0 Å². The Kier molecular flexibility index (Phi) is 12.1. The van der Waals surface area contributed by atoms with Gasteiger partial charge in [0.1, 0.15) is 12.1 Å². The van der Waals surface area contributed by atoms with Crippen molar-refractivity contribution in [3.05, 3.63) is 23.8 Å². The van der Waals surface area contributed by atoms with Crippen molar-refractivity contribution in [3.63, 3.8) is 0 Å². The summed E-state index contributed by atoms with van der Waals surface area (Å²) in [5.41, 5.74) is 1.83. The summed E-state index contributed by atoms with van der Waals surface area (Å²) in [5, 5.41) is 5.46. The summed E-state index contributed by atoms with van der Waals surface area (Å²) in [6, 6.07) is 5.92. The molecule has 0 bridgehead atoms. The molecular formula is C27H45N3O5. The van der Waals surface area contributed by atoms with Gasteiger partial charge in [0.2, 0.25) is 5.91 Å². The van der Waals surface area contributed by atoms with Crippen molar-refractivity contribution in [2.45, 2.75) is 80.3 Å². The van der Waals surface area contributed by atoms with E-state index in [4.69, 9.17) is 9.47 Å². The number of amides is 2. The number of rotatable bonds is 12. The number of nitrogens with zero attached hydrogens (tertiary/aromatic N) is 1. The van der Waals surface area contributed by atoms with Crippen LogP contribution < -0.4 is 15.5 Å². The van der Waals surface area contributed by atoms with Crippen LogP contribution in [0.2, 0.25) is 0 Å². The Bertz CT molecular complexity index is 836. The molecule has 2 amide bonds. The highest BCUT2D eigenvalue weighted by atomic mass is 16.6. The second-order valence-corrected chi connectivity index (χ2v) is 10.8. The minimum Gasteiger partial charge on any atom is -0.466 e. The normalized spacial score (nSPS) is 12.3. The Balaban J connectivity index is 3.19. The van der Waals surface area contributed by atoms with Gasteiger partial charge >= 0.3 is 12.1 Å². The molecule has 1 unspecified atom stereocenters. The number of nitrogens with one attached hydrogen (secondary N) is 2. The fourth-order valence-electron chi connectivity index (χ4n) is 3.64. The molecular weight excluding hydrogens is 446 g/mol. The lowest BCUT2D eigenvalue weighted by Crippen LogP contribution is -2.37. The van der Waals surface area contributed by atoms with Crippen LogP contribution in [-0.4, -0.2) is 49.8 Å². The van der Waals surface area contributed by atoms with E-state index in [0.29, 0.717) is 24.1 Å². The molecule has 1 aromatic rings. The first kappa shape index (κ1) is 30.3. The molecule has 0 spiro atoms. The maximum Gasteiger partial charge on any atom is 0.408 e. The van der Waals surface area contributed by atoms with E-state index in [0.717, 1.165) is 24.3 Å². The molecule has 0 heterocycles. The zero-order valence-corrected chi connectivity index (χ0v) is 23.0. The van der Waals surface area contributed by atoms with Crippen LogP contribution in [0.5, 0.6) is 0 Å². The number of ether oxygens (including phenoxy) is 2. The molecule has 35 heavy (non-hydrogen) atoms. The molecule has 0 fully saturated rings. The van der Waals surface area contributed by atoms with Crippen LogP contribution in [0.15, 0.2) is 18.2 Å². The molecule has 8 nitrogen and oxygen atoms in total. The highest BCUT2D eigenvalue weighted by Gasteiger charge is 2.20.